The molecule has 2 aromatic carbocycles. The summed E-state index contributed by atoms with van der Waals surface area (Å²) >= 11 is 6.04. The predicted molar refractivity (Wildman–Crippen MR) is 105 cm³/mol. The number of hydrogen-bond donors (Lipinski definition) is 1. The average Bonchev–Trinajstić information content (AvgIpc) is 2.65. The maximum absolute atomic E-state index is 13.7. The Morgan fingerprint density at radius 1 is 1.19 bits per heavy atom. The molecule has 0 fully saturated rings. The summed E-state index contributed by atoms with van der Waals surface area (Å²) in [7, 11) is 0. The molecule has 0 amide bonds. The fourth-order valence-corrected chi connectivity index (χ4v) is 2.89. The SMILES string of the molecule is C=Cc1ccc(-c2cnc(N)c(OC(C)c3cccc(F)c3Cl)c2)cc1. The largest absolute Gasteiger partial charge is 0.482 e. The van der Waals surface area contributed by atoms with Gasteiger partial charge in [0.05, 0.1) is 5.02 Å². The van der Waals surface area contributed by atoms with Gasteiger partial charge in [-0.1, -0.05) is 60.7 Å². The monoisotopic (exact) mass is 368 g/mol. The molecule has 1 aromatic heterocycles. The Labute approximate surface area is 156 Å². The van der Waals surface area contributed by atoms with Gasteiger partial charge in [-0.05, 0) is 30.2 Å². The Balaban J connectivity index is 1.90. The van der Waals surface area contributed by atoms with Crippen molar-refractivity contribution in [2.24, 2.45) is 0 Å². The molecule has 5 heteroatoms. The number of pyridine rings is 1. The van der Waals surface area contributed by atoms with E-state index in [1.807, 2.05) is 30.3 Å². The Morgan fingerprint density at radius 2 is 1.92 bits per heavy atom. The van der Waals surface area contributed by atoms with Gasteiger partial charge in [0.2, 0.25) is 0 Å². The Kier molecular flexibility index (Phi) is 5.24. The van der Waals surface area contributed by atoms with Gasteiger partial charge >= 0.3 is 0 Å². The van der Waals surface area contributed by atoms with Crippen LogP contribution in [0, 0.1) is 5.82 Å². The van der Waals surface area contributed by atoms with Gasteiger partial charge < -0.3 is 10.5 Å². The van der Waals surface area contributed by atoms with Crippen LogP contribution < -0.4 is 10.5 Å². The second kappa shape index (κ2) is 7.58. The van der Waals surface area contributed by atoms with Crippen LogP contribution in [-0.2, 0) is 0 Å². The number of aromatic nitrogens is 1. The van der Waals surface area contributed by atoms with Gasteiger partial charge in [-0.15, -0.1) is 0 Å². The normalized spacial score (nSPS) is 11.8. The molecule has 0 aliphatic rings. The van der Waals surface area contributed by atoms with E-state index in [1.165, 1.54) is 6.07 Å². The van der Waals surface area contributed by atoms with Crippen LogP contribution in [0.4, 0.5) is 10.2 Å². The zero-order valence-corrected chi connectivity index (χ0v) is 15.0. The lowest BCUT2D eigenvalue weighted by atomic mass is 10.1. The smallest absolute Gasteiger partial charge is 0.166 e. The van der Waals surface area contributed by atoms with Gasteiger partial charge in [0.25, 0.3) is 0 Å². The highest BCUT2D eigenvalue weighted by atomic mass is 35.5. The zero-order chi connectivity index (χ0) is 18.7. The highest BCUT2D eigenvalue weighted by Crippen LogP contribution is 2.33. The molecule has 132 valence electrons. The van der Waals surface area contributed by atoms with Crippen LogP contribution in [0.3, 0.4) is 0 Å². The molecule has 3 aromatic rings. The first kappa shape index (κ1) is 18.0. The first-order valence-electron chi connectivity index (χ1n) is 8.08. The van der Waals surface area contributed by atoms with Crippen LogP contribution in [0.1, 0.15) is 24.2 Å². The molecule has 3 rings (SSSR count). The van der Waals surface area contributed by atoms with Crippen molar-refractivity contribution in [3.63, 3.8) is 0 Å². The molecule has 0 aliphatic heterocycles. The van der Waals surface area contributed by atoms with Crippen LogP contribution in [0.5, 0.6) is 5.75 Å². The van der Waals surface area contributed by atoms with Crippen molar-refractivity contribution >= 4 is 23.5 Å². The maximum Gasteiger partial charge on any atom is 0.166 e. The number of nitrogen functional groups attached to an aromatic ring is 1. The molecule has 2 N–H and O–H groups in total. The number of halogens is 2. The molecule has 26 heavy (non-hydrogen) atoms. The van der Waals surface area contributed by atoms with Crippen molar-refractivity contribution < 1.29 is 9.13 Å². The molecule has 0 radical (unpaired) electrons. The van der Waals surface area contributed by atoms with E-state index < -0.39 is 11.9 Å². The minimum atomic E-state index is -0.485. The molecule has 1 atom stereocenters. The third kappa shape index (κ3) is 3.70. The summed E-state index contributed by atoms with van der Waals surface area (Å²) < 4.78 is 19.6. The zero-order valence-electron chi connectivity index (χ0n) is 14.2. The predicted octanol–water partition coefficient (Wildman–Crippen LogP) is 5.91. The maximum atomic E-state index is 13.7. The fourth-order valence-electron chi connectivity index (χ4n) is 2.61. The van der Waals surface area contributed by atoms with Gasteiger partial charge in [0.1, 0.15) is 11.9 Å². The molecule has 0 saturated heterocycles. The van der Waals surface area contributed by atoms with Crippen LogP contribution in [0.2, 0.25) is 5.02 Å². The summed E-state index contributed by atoms with van der Waals surface area (Å²) in [6.07, 6.45) is 2.98. The van der Waals surface area contributed by atoms with Crippen molar-refractivity contribution in [3.8, 4) is 16.9 Å². The molecule has 0 bridgehead atoms. The Morgan fingerprint density at radius 3 is 2.62 bits per heavy atom. The Hall–Kier alpha value is -2.85. The van der Waals surface area contributed by atoms with Crippen LogP contribution in [0.25, 0.3) is 17.2 Å². The topological polar surface area (TPSA) is 48.1 Å². The van der Waals surface area contributed by atoms with E-state index in [0.29, 0.717) is 11.3 Å². The molecule has 1 unspecified atom stereocenters. The van der Waals surface area contributed by atoms with E-state index in [4.69, 9.17) is 22.1 Å². The summed E-state index contributed by atoms with van der Waals surface area (Å²) in [6, 6.07) is 14.3. The molecule has 0 aliphatic carbocycles. The first-order chi connectivity index (χ1) is 12.5. The molecule has 1 heterocycles. The van der Waals surface area contributed by atoms with E-state index in [-0.39, 0.29) is 10.8 Å². The fraction of sp³-hybridized carbons (Fsp3) is 0.0952. The van der Waals surface area contributed by atoms with Crippen molar-refractivity contribution in [1.29, 1.82) is 0 Å². The van der Waals surface area contributed by atoms with Crippen molar-refractivity contribution in [1.82, 2.24) is 4.98 Å². The Bertz CT molecular complexity index is 941. The lowest BCUT2D eigenvalue weighted by Crippen LogP contribution is -2.07. The number of benzene rings is 2. The minimum Gasteiger partial charge on any atom is -0.482 e. The van der Waals surface area contributed by atoms with Crippen LogP contribution >= 0.6 is 11.6 Å². The van der Waals surface area contributed by atoms with Crippen LogP contribution in [0.15, 0.2) is 61.3 Å². The quantitative estimate of drug-likeness (QED) is 0.609. The molecular weight excluding hydrogens is 351 g/mol. The number of hydrogen-bond acceptors (Lipinski definition) is 3. The van der Waals surface area contributed by atoms with Gasteiger partial charge in [0, 0.05) is 17.3 Å². The summed E-state index contributed by atoms with van der Waals surface area (Å²) in [5.41, 5.74) is 9.37. The third-order valence-electron chi connectivity index (χ3n) is 4.08. The standard InChI is InChI=1S/C21H18ClFN2O/c1-3-14-7-9-15(10-8-14)16-11-19(21(24)25-12-16)26-13(2)17-5-4-6-18(23)20(17)22/h3-13H,1H2,2H3,(H2,24,25). The van der Waals surface area contributed by atoms with E-state index in [0.717, 1.165) is 16.7 Å². The van der Waals surface area contributed by atoms with E-state index in [2.05, 4.69) is 11.6 Å². The molecule has 3 nitrogen and oxygen atoms in total. The van der Waals surface area contributed by atoms with Crippen molar-refractivity contribution in [2.75, 3.05) is 5.73 Å². The van der Waals surface area contributed by atoms with E-state index in [1.54, 1.807) is 31.3 Å². The highest BCUT2D eigenvalue weighted by Gasteiger charge is 2.16. The lowest BCUT2D eigenvalue weighted by molar-refractivity contribution is 0.227. The number of ether oxygens (including phenoxy) is 1. The van der Waals surface area contributed by atoms with Gasteiger partial charge in [0.15, 0.2) is 11.6 Å². The third-order valence-corrected chi connectivity index (χ3v) is 4.48. The number of rotatable bonds is 5. The van der Waals surface area contributed by atoms with E-state index in [9.17, 15) is 4.39 Å². The van der Waals surface area contributed by atoms with Crippen molar-refractivity contribution in [2.45, 2.75) is 13.0 Å². The summed E-state index contributed by atoms with van der Waals surface area (Å²) in [4.78, 5) is 4.21. The van der Waals surface area contributed by atoms with Crippen molar-refractivity contribution in [3.05, 3.63) is 83.3 Å². The van der Waals surface area contributed by atoms with E-state index >= 15 is 0 Å². The first-order valence-corrected chi connectivity index (χ1v) is 8.46. The second-order valence-corrected chi connectivity index (χ2v) is 6.21. The molecule has 0 spiro atoms. The number of nitrogens with zero attached hydrogens (tertiary/aromatic N) is 1. The lowest BCUT2D eigenvalue weighted by Gasteiger charge is -2.18. The number of anilines is 1. The van der Waals surface area contributed by atoms with Gasteiger partial charge in [-0.2, -0.15) is 0 Å². The summed E-state index contributed by atoms with van der Waals surface area (Å²) in [5.74, 6) is 0.195. The minimum absolute atomic E-state index is 0.0442. The van der Waals surface area contributed by atoms with Gasteiger partial charge in [-0.3, -0.25) is 0 Å². The molecular formula is C21H18ClFN2O. The summed E-state index contributed by atoms with van der Waals surface area (Å²) in [6.45, 7) is 5.53. The average molecular weight is 369 g/mol. The second-order valence-electron chi connectivity index (χ2n) is 5.84. The van der Waals surface area contributed by atoms with Crippen LogP contribution in [-0.4, -0.2) is 4.98 Å². The summed E-state index contributed by atoms with van der Waals surface area (Å²) in [5, 5.41) is 0.0442. The molecule has 0 saturated carbocycles. The van der Waals surface area contributed by atoms with Gasteiger partial charge in [-0.25, -0.2) is 9.37 Å². The highest BCUT2D eigenvalue weighted by molar-refractivity contribution is 6.31. The number of nitrogens with two attached hydrogens (primary N) is 1.